The summed E-state index contributed by atoms with van der Waals surface area (Å²) >= 11 is 0. The van der Waals surface area contributed by atoms with Crippen molar-refractivity contribution in [2.45, 2.75) is 12.2 Å². The molecule has 0 spiro atoms. The van der Waals surface area contributed by atoms with Crippen LogP contribution in [-0.4, -0.2) is 62.2 Å². The van der Waals surface area contributed by atoms with Gasteiger partial charge in [0.25, 0.3) is 0 Å². The molecule has 2 aromatic carbocycles. The van der Waals surface area contributed by atoms with Crippen LogP contribution in [0.25, 0.3) is 0 Å². The van der Waals surface area contributed by atoms with E-state index in [1.807, 2.05) is 48.5 Å². The molecule has 0 heterocycles. The fourth-order valence-corrected chi connectivity index (χ4v) is 2.31. The molecule has 0 aliphatic rings. The molecule has 0 aliphatic carbocycles. The molecule has 0 unspecified atom stereocenters. The average molecular weight is 356 g/mol. The first-order chi connectivity index (χ1) is 12.7. The Bertz CT molecular complexity index is 683. The van der Waals surface area contributed by atoms with Gasteiger partial charge in [0.15, 0.2) is 0 Å². The van der Waals surface area contributed by atoms with Gasteiger partial charge in [-0.1, -0.05) is 24.3 Å². The van der Waals surface area contributed by atoms with Crippen LogP contribution in [0, 0.1) is 0 Å². The maximum Gasteiger partial charge on any atom is 0.127 e. The van der Waals surface area contributed by atoms with E-state index in [1.54, 1.807) is 26.6 Å². The molecule has 2 rings (SSSR count). The lowest BCUT2D eigenvalue weighted by Crippen LogP contribution is -2.31. The third-order valence-corrected chi connectivity index (χ3v) is 3.77. The molecule has 0 radical (unpaired) electrons. The molecule has 0 aliphatic heterocycles. The van der Waals surface area contributed by atoms with E-state index in [2.05, 4.69) is 9.98 Å². The highest BCUT2D eigenvalue weighted by Crippen LogP contribution is 2.15. The molecule has 0 saturated carbocycles. The molecule has 2 aromatic rings. The number of hydrogen-bond acceptors (Lipinski definition) is 6. The van der Waals surface area contributed by atoms with Crippen molar-refractivity contribution in [3.63, 3.8) is 0 Å². The number of aliphatic hydroxyl groups excluding tert-OH is 2. The Balaban J connectivity index is 1.86. The third kappa shape index (κ3) is 5.68. The van der Waals surface area contributed by atoms with Gasteiger partial charge in [0.1, 0.15) is 23.7 Å². The predicted molar refractivity (Wildman–Crippen MR) is 103 cm³/mol. The summed E-state index contributed by atoms with van der Waals surface area (Å²) in [6.07, 6.45) is 1.23. The Kier molecular flexibility index (Phi) is 7.79. The zero-order valence-electron chi connectivity index (χ0n) is 14.9. The number of nitrogens with zero attached hydrogens (tertiary/aromatic N) is 2. The van der Waals surface area contributed by atoms with E-state index in [0.29, 0.717) is 11.5 Å². The minimum atomic E-state index is -1.00. The summed E-state index contributed by atoms with van der Waals surface area (Å²) in [5.74, 6) is 1.40. The molecule has 6 nitrogen and oxygen atoms in total. The largest absolute Gasteiger partial charge is 0.496 e. The quantitative estimate of drug-likeness (QED) is 0.673. The van der Waals surface area contributed by atoms with E-state index in [-0.39, 0.29) is 13.1 Å². The number of para-hydroxylation sites is 2. The first-order valence-electron chi connectivity index (χ1n) is 8.27. The molecule has 2 N–H and O–H groups in total. The third-order valence-electron chi connectivity index (χ3n) is 3.77. The summed E-state index contributed by atoms with van der Waals surface area (Å²) in [7, 11) is 3.18. The van der Waals surface area contributed by atoms with Crippen molar-refractivity contribution in [2.75, 3.05) is 27.3 Å². The van der Waals surface area contributed by atoms with Crippen molar-refractivity contribution in [3.05, 3.63) is 59.7 Å². The van der Waals surface area contributed by atoms with Crippen LogP contribution in [0.1, 0.15) is 11.1 Å². The van der Waals surface area contributed by atoms with Gasteiger partial charge in [-0.3, -0.25) is 9.98 Å². The zero-order valence-corrected chi connectivity index (χ0v) is 14.9. The summed E-state index contributed by atoms with van der Waals surface area (Å²) in [6.45, 7) is 0.146. The standard InChI is InChI=1S/C20H24N2O4/c1-25-19-9-5-3-7-15(19)11-21-13-17(23)18(24)14-22-12-16-8-4-6-10-20(16)26-2/h3-12,17-18,23-24H,13-14H2,1-2H3/t17-,18-/m0/s1. The molecule has 0 saturated heterocycles. The number of benzene rings is 2. The van der Waals surface area contributed by atoms with Crippen molar-refractivity contribution in [2.24, 2.45) is 9.98 Å². The summed E-state index contributed by atoms with van der Waals surface area (Å²) in [5, 5.41) is 20.1. The lowest BCUT2D eigenvalue weighted by atomic mass is 10.2. The number of aliphatic hydroxyl groups is 2. The second-order valence-electron chi connectivity index (χ2n) is 5.61. The molecule has 0 aromatic heterocycles. The number of ether oxygens (including phenoxy) is 2. The first kappa shape index (κ1) is 19.6. The van der Waals surface area contributed by atoms with E-state index >= 15 is 0 Å². The average Bonchev–Trinajstić information content (AvgIpc) is 2.68. The van der Waals surface area contributed by atoms with Gasteiger partial charge in [0.2, 0.25) is 0 Å². The van der Waals surface area contributed by atoms with E-state index in [4.69, 9.17) is 9.47 Å². The second-order valence-corrected chi connectivity index (χ2v) is 5.61. The molecule has 0 bridgehead atoms. The smallest absolute Gasteiger partial charge is 0.127 e. The molecule has 138 valence electrons. The zero-order chi connectivity index (χ0) is 18.8. The van der Waals surface area contributed by atoms with Crippen molar-refractivity contribution >= 4 is 12.4 Å². The van der Waals surface area contributed by atoms with Gasteiger partial charge in [-0.25, -0.2) is 0 Å². The van der Waals surface area contributed by atoms with Crippen LogP contribution in [0.4, 0.5) is 0 Å². The summed E-state index contributed by atoms with van der Waals surface area (Å²) in [4.78, 5) is 8.36. The van der Waals surface area contributed by atoms with Crippen molar-refractivity contribution in [1.82, 2.24) is 0 Å². The molecule has 6 heteroatoms. The lowest BCUT2D eigenvalue weighted by Gasteiger charge is -2.13. The number of hydrogen-bond donors (Lipinski definition) is 2. The Morgan fingerprint density at radius 3 is 1.54 bits per heavy atom. The van der Waals surface area contributed by atoms with Crippen molar-refractivity contribution < 1.29 is 19.7 Å². The molecule has 2 atom stereocenters. The predicted octanol–water partition coefficient (Wildman–Crippen LogP) is 1.96. The van der Waals surface area contributed by atoms with Gasteiger partial charge >= 0.3 is 0 Å². The molecular formula is C20H24N2O4. The van der Waals surface area contributed by atoms with Crippen LogP contribution >= 0.6 is 0 Å². The van der Waals surface area contributed by atoms with Crippen molar-refractivity contribution in [1.29, 1.82) is 0 Å². The van der Waals surface area contributed by atoms with Gasteiger partial charge in [0.05, 0.1) is 27.3 Å². The summed E-state index contributed by atoms with van der Waals surface area (Å²) < 4.78 is 10.5. The topological polar surface area (TPSA) is 83.6 Å². The molecule has 0 amide bonds. The molecular weight excluding hydrogens is 332 g/mol. The Hall–Kier alpha value is -2.70. The van der Waals surface area contributed by atoms with Gasteiger partial charge in [0, 0.05) is 23.6 Å². The van der Waals surface area contributed by atoms with Crippen LogP contribution in [0.5, 0.6) is 11.5 Å². The minimum absolute atomic E-state index is 0.0728. The maximum absolute atomic E-state index is 10.0. The van der Waals surface area contributed by atoms with Crippen LogP contribution < -0.4 is 9.47 Å². The summed E-state index contributed by atoms with van der Waals surface area (Å²) in [5.41, 5.74) is 1.62. The van der Waals surface area contributed by atoms with Crippen LogP contribution in [-0.2, 0) is 0 Å². The SMILES string of the molecule is COc1ccccc1C=NC[C@H](O)[C@@H](O)CN=Cc1ccccc1OC. The minimum Gasteiger partial charge on any atom is -0.496 e. The maximum atomic E-state index is 10.0. The van der Waals surface area contributed by atoms with Crippen LogP contribution in [0.2, 0.25) is 0 Å². The number of methoxy groups -OCH3 is 2. The summed E-state index contributed by atoms with van der Waals surface area (Å²) in [6, 6.07) is 14.9. The lowest BCUT2D eigenvalue weighted by molar-refractivity contribution is 0.0320. The fourth-order valence-electron chi connectivity index (χ4n) is 2.31. The fraction of sp³-hybridized carbons (Fsp3) is 0.300. The second kappa shape index (κ2) is 10.3. The van der Waals surface area contributed by atoms with Gasteiger partial charge in [-0.15, -0.1) is 0 Å². The van der Waals surface area contributed by atoms with Gasteiger partial charge < -0.3 is 19.7 Å². The molecule has 0 fully saturated rings. The van der Waals surface area contributed by atoms with Crippen molar-refractivity contribution in [3.8, 4) is 11.5 Å². The van der Waals surface area contributed by atoms with Crippen LogP contribution in [0.3, 0.4) is 0 Å². The highest BCUT2D eigenvalue weighted by atomic mass is 16.5. The normalized spacial score (nSPS) is 13.8. The number of rotatable bonds is 9. The highest BCUT2D eigenvalue weighted by molar-refractivity contribution is 5.84. The van der Waals surface area contributed by atoms with E-state index in [1.165, 1.54) is 0 Å². The van der Waals surface area contributed by atoms with Crippen LogP contribution in [0.15, 0.2) is 58.5 Å². The molecule has 26 heavy (non-hydrogen) atoms. The van der Waals surface area contributed by atoms with E-state index < -0.39 is 12.2 Å². The Labute approximate surface area is 153 Å². The Morgan fingerprint density at radius 2 is 1.15 bits per heavy atom. The monoisotopic (exact) mass is 356 g/mol. The van der Waals surface area contributed by atoms with Gasteiger partial charge in [-0.05, 0) is 24.3 Å². The van der Waals surface area contributed by atoms with E-state index in [0.717, 1.165) is 11.1 Å². The number of aliphatic imine (C=N–C) groups is 2. The van der Waals surface area contributed by atoms with E-state index in [9.17, 15) is 10.2 Å². The highest BCUT2D eigenvalue weighted by Gasteiger charge is 2.14. The Morgan fingerprint density at radius 1 is 0.769 bits per heavy atom. The first-order valence-corrected chi connectivity index (χ1v) is 8.27. The van der Waals surface area contributed by atoms with Gasteiger partial charge in [-0.2, -0.15) is 0 Å².